The molecule has 0 bridgehead atoms. The maximum absolute atomic E-state index is 13.1. The summed E-state index contributed by atoms with van der Waals surface area (Å²) >= 11 is 0. The van der Waals surface area contributed by atoms with Gasteiger partial charge in [-0.25, -0.2) is 4.39 Å². The quantitative estimate of drug-likeness (QED) is 0.895. The van der Waals surface area contributed by atoms with Gasteiger partial charge in [0.15, 0.2) is 0 Å². The van der Waals surface area contributed by atoms with Gasteiger partial charge >= 0.3 is 0 Å². The van der Waals surface area contributed by atoms with E-state index in [-0.39, 0.29) is 11.2 Å². The average Bonchev–Trinajstić information content (AvgIpc) is 2.48. The van der Waals surface area contributed by atoms with Crippen LogP contribution < -0.4 is 5.73 Å². The lowest BCUT2D eigenvalue weighted by Crippen LogP contribution is -2.53. The van der Waals surface area contributed by atoms with Crippen molar-refractivity contribution in [1.29, 1.82) is 0 Å². The number of hydrogen-bond donors (Lipinski definition) is 2. The molecule has 4 heteroatoms. The molecule has 118 valence electrons. The first-order chi connectivity index (χ1) is 9.78. The van der Waals surface area contributed by atoms with E-state index in [1.165, 1.54) is 12.3 Å². The van der Waals surface area contributed by atoms with Crippen molar-refractivity contribution in [2.75, 3.05) is 6.54 Å². The molecule has 0 aliphatic heterocycles. The Morgan fingerprint density at radius 3 is 2.33 bits per heavy atom. The summed E-state index contributed by atoms with van der Waals surface area (Å²) in [6.07, 6.45) is 5.53. The highest BCUT2D eigenvalue weighted by Crippen LogP contribution is 2.54. The molecule has 1 heterocycles. The van der Waals surface area contributed by atoms with Crippen molar-refractivity contribution in [2.45, 2.75) is 58.5 Å². The third kappa shape index (κ3) is 2.84. The van der Waals surface area contributed by atoms with Crippen LogP contribution in [0.3, 0.4) is 0 Å². The molecule has 1 fully saturated rings. The molecule has 2 rings (SSSR count). The van der Waals surface area contributed by atoms with Gasteiger partial charge in [0.25, 0.3) is 0 Å². The zero-order chi connectivity index (χ0) is 15.7. The van der Waals surface area contributed by atoms with E-state index in [1.807, 2.05) is 6.92 Å². The zero-order valence-corrected chi connectivity index (χ0v) is 13.3. The Morgan fingerprint density at radius 1 is 1.29 bits per heavy atom. The SMILES string of the molecule is CCC(O)(c1ccc(F)cn1)C1(CN)CCC(C)(C)CC1. The highest BCUT2D eigenvalue weighted by molar-refractivity contribution is 5.19. The van der Waals surface area contributed by atoms with E-state index in [4.69, 9.17) is 5.73 Å². The first-order valence-corrected chi connectivity index (χ1v) is 7.83. The van der Waals surface area contributed by atoms with E-state index in [0.29, 0.717) is 24.1 Å². The van der Waals surface area contributed by atoms with Gasteiger partial charge in [-0.1, -0.05) is 20.8 Å². The summed E-state index contributed by atoms with van der Waals surface area (Å²) in [5, 5.41) is 11.4. The number of hydrogen-bond acceptors (Lipinski definition) is 3. The summed E-state index contributed by atoms with van der Waals surface area (Å²) in [6, 6.07) is 2.95. The van der Waals surface area contributed by atoms with Crippen LogP contribution in [0.4, 0.5) is 4.39 Å². The molecule has 1 aromatic rings. The second-order valence-corrected chi connectivity index (χ2v) is 7.22. The summed E-state index contributed by atoms with van der Waals surface area (Å²) in [7, 11) is 0. The Kier molecular flexibility index (Phi) is 4.41. The van der Waals surface area contributed by atoms with Crippen LogP contribution in [0.5, 0.6) is 0 Å². The van der Waals surface area contributed by atoms with Gasteiger partial charge in [-0.05, 0) is 49.7 Å². The first-order valence-electron chi connectivity index (χ1n) is 7.83. The number of nitrogens with zero attached hydrogens (tertiary/aromatic N) is 1. The van der Waals surface area contributed by atoms with Crippen molar-refractivity contribution in [3.05, 3.63) is 29.8 Å². The smallest absolute Gasteiger partial charge is 0.141 e. The van der Waals surface area contributed by atoms with Gasteiger partial charge < -0.3 is 10.8 Å². The molecule has 1 aromatic heterocycles. The van der Waals surface area contributed by atoms with E-state index < -0.39 is 5.60 Å². The summed E-state index contributed by atoms with van der Waals surface area (Å²) in [5.41, 5.74) is 5.46. The van der Waals surface area contributed by atoms with Crippen molar-refractivity contribution in [1.82, 2.24) is 4.98 Å². The summed E-state index contributed by atoms with van der Waals surface area (Å²) in [6.45, 7) is 6.89. The van der Waals surface area contributed by atoms with Crippen LogP contribution in [0, 0.1) is 16.6 Å². The Bertz CT molecular complexity index is 476. The van der Waals surface area contributed by atoms with Crippen LogP contribution in [0.1, 0.15) is 58.6 Å². The molecular formula is C17H27FN2O. The molecule has 3 nitrogen and oxygen atoms in total. The zero-order valence-electron chi connectivity index (χ0n) is 13.3. The minimum Gasteiger partial charge on any atom is -0.383 e. The van der Waals surface area contributed by atoms with Gasteiger partial charge in [0.1, 0.15) is 11.4 Å². The molecule has 1 saturated carbocycles. The highest BCUT2D eigenvalue weighted by Gasteiger charge is 2.52. The molecule has 1 atom stereocenters. The average molecular weight is 294 g/mol. The standard InChI is InChI=1S/C17H27FN2O/c1-4-17(21,14-6-5-13(18)11-20-14)16(12-19)9-7-15(2,3)8-10-16/h5-6,11,21H,4,7-10,12,19H2,1-3H3. The van der Waals surface area contributed by atoms with Gasteiger partial charge in [-0.3, -0.25) is 4.98 Å². The number of halogens is 1. The van der Waals surface area contributed by atoms with Crippen LogP contribution in [0.2, 0.25) is 0 Å². The molecule has 1 aliphatic rings. The fraction of sp³-hybridized carbons (Fsp3) is 0.706. The maximum atomic E-state index is 13.1. The van der Waals surface area contributed by atoms with Crippen LogP contribution in [0.25, 0.3) is 0 Å². The van der Waals surface area contributed by atoms with E-state index in [1.54, 1.807) is 6.07 Å². The maximum Gasteiger partial charge on any atom is 0.141 e. The van der Waals surface area contributed by atoms with Crippen LogP contribution in [0.15, 0.2) is 18.3 Å². The summed E-state index contributed by atoms with van der Waals surface area (Å²) in [5.74, 6) is -0.385. The molecule has 0 amide bonds. The lowest BCUT2D eigenvalue weighted by Gasteiger charge is -2.51. The Balaban J connectivity index is 2.39. The van der Waals surface area contributed by atoms with Gasteiger partial charge in [-0.15, -0.1) is 0 Å². The van der Waals surface area contributed by atoms with Gasteiger partial charge in [0, 0.05) is 12.0 Å². The Labute approximate surface area is 126 Å². The molecule has 0 radical (unpaired) electrons. The lowest BCUT2D eigenvalue weighted by atomic mass is 9.56. The number of pyridine rings is 1. The van der Waals surface area contributed by atoms with Crippen molar-refractivity contribution >= 4 is 0 Å². The van der Waals surface area contributed by atoms with Gasteiger partial charge in [-0.2, -0.15) is 0 Å². The van der Waals surface area contributed by atoms with E-state index in [0.717, 1.165) is 25.7 Å². The molecule has 1 aliphatic carbocycles. The predicted molar refractivity (Wildman–Crippen MR) is 82.1 cm³/mol. The number of aliphatic hydroxyl groups is 1. The minimum absolute atomic E-state index is 0.295. The highest BCUT2D eigenvalue weighted by atomic mass is 19.1. The topological polar surface area (TPSA) is 59.1 Å². The molecular weight excluding hydrogens is 267 g/mol. The van der Waals surface area contributed by atoms with Crippen LogP contribution in [-0.4, -0.2) is 16.6 Å². The largest absolute Gasteiger partial charge is 0.383 e. The third-order valence-corrected chi connectivity index (χ3v) is 5.49. The van der Waals surface area contributed by atoms with E-state index >= 15 is 0 Å². The van der Waals surface area contributed by atoms with E-state index in [9.17, 15) is 9.50 Å². The van der Waals surface area contributed by atoms with Crippen LogP contribution in [-0.2, 0) is 5.60 Å². The molecule has 0 saturated heterocycles. The fourth-order valence-corrected chi connectivity index (χ4v) is 3.64. The molecule has 21 heavy (non-hydrogen) atoms. The number of rotatable bonds is 4. The third-order valence-electron chi connectivity index (χ3n) is 5.49. The summed E-state index contributed by atoms with van der Waals surface area (Å²) < 4.78 is 13.1. The summed E-state index contributed by atoms with van der Waals surface area (Å²) in [4.78, 5) is 4.15. The normalized spacial score (nSPS) is 23.5. The second-order valence-electron chi connectivity index (χ2n) is 7.22. The van der Waals surface area contributed by atoms with Crippen molar-refractivity contribution < 1.29 is 9.50 Å². The van der Waals surface area contributed by atoms with Crippen molar-refractivity contribution in [3.8, 4) is 0 Å². The first kappa shape index (κ1) is 16.4. The fourth-order valence-electron chi connectivity index (χ4n) is 3.64. The number of aromatic nitrogens is 1. The Hall–Kier alpha value is -1.00. The molecule has 0 aromatic carbocycles. The molecule has 0 spiro atoms. The van der Waals surface area contributed by atoms with E-state index in [2.05, 4.69) is 18.8 Å². The second kappa shape index (κ2) is 5.65. The predicted octanol–water partition coefficient (Wildman–Crippen LogP) is 3.36. The van der Waals surface area contributed by atoms with Crippen molar-refractivity contribution in [2.24, 2.45) is 16.6 Å². The van der Waals surface area contributed by atoms with Crippen molar-refractivity contribution in [3.63, 3.8) is 0 Å². The molecule has 3 N–H and O–H groups in total. The minimum atomic E-state index is -1.09. The lowest BCUT2D eigenvalue weighted by molar-refractivity contribution is -0.124. The van der Waals surface area contributed by atoms with Gasteiger partial charge in [0.05, 0.1) is 11.9 Å². The number of nitrogens with two attached hydrogens (primary N) is 1. The Morgan fingerprint density at radius 2 is 1.90 bits per heavy atom. The monoisotopic (exact) mass is 294 g/mol. The van der Waals surface area contributed by atoms with Gasteiger partial charge in [0.2, 0.25) is 0 Å². The van der Waals surface area contributed by atoms with Crippen LogP contribution >= 0.6 is 0 Å². The molecule has 1 unspecified atom stereocenters.